The van der Waals surface area contributed by atoms with Gasteiger partial charge in [0.2, 0.25) is 0 Å². The molecule has 4 heteroatoms. The number of halogens is 1. The molecule has 80 valence electrons. The standard InChI is InChI=1S/C11H12BrNO2/c1-7-5-9(12)3-4-10(7)13-6-8(2)11(14)15/h3-5,13H,2,6H2,1H3,(H,14,15). The first-order valence-corrected chi connectivity index (χ1v) is 5.21. The SMILES string of the molecule is C=C(CNc1ccc(Br)cc1C)C(=O)O. The second-order valence-electron chi connectivity index (χ2n) is 3.22. The average Bonchev–Trinajstić information content (AvgIpc) is 2.15. The predicted octanol–water partition coefficient (Wildman–Crippen LogP) is 2.81. The van der Waals surface area contributed by atoms with Crippen molar-refractivity contribution in [3.05, 3.63) is 40.4 Å². The number of carboxylic acids is 1. The van der Waals surface area contributed by atoms with Crippen molar-refractivity contribution in [3.8, 4) is 0 Å². The molecule has 0 amide bonds. The zero-order valence-electron chi connectivity index (χ0n) is 8.38. The Morgan fingerprint density at radius 2 is 2.27 bits per heavy atom. The minimum Gasteiger partial charge on any atom is -0.478 e. The van der Waals surface area contributed by atoms with E-state index < -0.39 is 5.97 Å². The van der Waals surface area contributed by atoms with Crippen molar-refractivity contribution in [2.24, 2.45) is 0 Å². The summed E-state index contributed by atoms with van der Waals surface area (Å²) in [4.78, 5) is 10.5. The first-order chi connectivity index (χ1) is 7.00. The fourth-order valence-electron chi connectivity index (χ4n) is 1.10. The quantitative estimate of drug-likeness (QED) is 0.827. The van der Waals surface area contributed by atoms with Gasteiger partial charge in [0, 0.05) is 22.3 Å². The molecule has 1 aromatic rings. The third kappa shape index (κ3) is 3.40. The molecule has 0 radical (unpaired) electrons. The Morgan fingerprint density at radius 1 is 1.60 bits per heavy atom. The Morgan fingerprint density at radius 3 is 2.80 bits per heavy atom. The highest BCUT2D eigenvalue weighted by molar-refractivity contribution is 9.10. The lowest BCUT2D eigenvalue weighted by molar-refractivity contribution is -0.132. The Labute approximate surface area is 96.9 Å². The van der Waals surface area contributed by atoms with E-state index in [-0.39, 0.29) is 12.1 Å². The lowest BCUT2D eigenvalue weighted by atomic mass is 10.2. The number of nitrogens with one attached hydrogen (secondary N) is 1. The highest BCUT2D eigenvalue weighted by Gasteiger charge is 2.04. The molecule has 0 aliphatic rings. The van der Waals surface area contributed by atoms with Crippen molar-refractivity contribution in [1.82, 2.24) is 0 Å². The highest BCUT2D eigenvalue weighted by atomic mass is 79.9. The van der Waals surface area contributed by atoms with Crippen molar-refractivity contribution in [3.63, 3.8) is 0 Å². The Kier molecular flexibility index (Phi) is 3.91. The Bertz CT molecular complexity index is 402. The van der Waals surface area contributed by atoms with E-state index in [0.717, 1.165) is 15.7 Å². The summed E-state index contributed by atoms with van der Waals surface area (Å²) in [5, 5.41) is 11.6. The van der Waals surface area contributed by atoms with Crippen molar-refractivity contribution >= 4 is 27.6 Å². The number of benzene rings is 1. The molecule has 15 heavy (non-hydrogen) atoms. The Hall–Kier alpha value is -1.29. The van der Waals surface area contributed by atoms with Crippen LogP contribution in [0.15, 0.2) is 34.8 Å². The summed E-state index contributed by atoms with van der Waals surface area (Å²) in [5.74, 6) is -0.975. The molecule has 0 saturated carbocycles. The fourth-order valence-corrected chi connectivity index (χ4v) is 1.58. The van der Waals surface area contributed by atoms with E-state index in [1.165, 1.54) is 0 Å². The van der Waals surface area contributed by atoms with Gasteiger partial charge in [-0.05, 0) is 30.7 Å². The van der Waals surface area contributed by atoms with Crippen LogP contribution in [-0.4, -0.2) is 17.6 Å². The molecule has 0 aromatic heterocycles. The van der Waals surface area contributed by atoms with E-state index in [0.29, 0.717) is 0 Å². The molecule has 0 fully saturated rings. The zero-order chi connectivity index (χ0) is 11.4. The van der Waals surface area contributed by atoms with Gasteiger partial charge in [0.1, 0.15) is 0 Å². The molecule has 0 unspecified atom stereocenters. The maximum atomic E-state index is 10.5. The van der Waals surface area contributed by atoms with Gasteiger partial charge in [0.05, 0.1) is 0 Å². The van der Waals surface area contributed by atoms with Gasteiger partial charge in [0.25, 0.3) is 0 Å². The number of hydrogen-bond acceptors (Lipinski definition) is 2. The van der Waals surface area contributed by atoms with E-state index in [1.807, 2.05) is 25.1 Å². The number of carbonyl (C=O) groups is 1. The molecule has 1 rings (SSSR count). The number of carboxylic acid groups (broad SMARTS) is 1. The molecule has 2 N–H and O–H groups in total. The van der Waals surface area contributed by atoms with E-state index in [2.05, 4.69) is 27.8 Å². The molecule has 0 heterocycles. The van der Waals surface area contributed by atoms with Gasteiger partial charge < -0.3 is 10.4 Å². The topological polar surface area (TPSA) is 49.3 Å². The average molecular weight is 270 g/mol. The lowest BCUT2D eigenvalue weighted by Crippen LogP contribution is -2.11. The van der Waals surface area contributed by atoms with Gasteiger partial charge in [-0.1, -0.05) is 22.5 Å². The summed E-state index contributed by atoms with van der Waals surface area (Å²) in [6, 6.07) is 5.76. The van der Waals surface area contributed by atoms with Crippen LogP contribution in [-0.2, 0) is 4.79 Å². The van der Waals surface area contributed by atoms with E-state index in [4.69, 9.17) is 5.11 Å². The van der Waals surface area contributed by atoms with Crippen LogP contribution in [0.2, 0.25) is 0 Å². The predicted molar refractivity (Wildman–Crippen MR) is 64.1 cm³/mol. The summed E-state index contributed by atoms with van der Waals surface area (Å²) < 4.78 is 1.00. The van der Waals surface area contributed by atoms with Gasteiger partial charge in [-0.2, -0.15) is 0 Å². The third-order valence-electron chi connectivity index (χ3n) is 1.98. The molecular formula is C11H12BrNO2. The van der Waals surface area contributed by atoms with Crippen LogP contribution in [0, 0.1) is 6.92 Å². The first kappa shape index (κ1) is 11.8. The van der Waals surface area contributed by atoms with Crippen molar-refractivity contribution < 1.29 is 9.90 Å². The summed E-state index contributed by atoms with van der Waals surface area (Å²) in [6.45, 7) is 5.65. The lowest BCUT2D eigenvalue weighted by Gasteiger charge is -2.09. The van der Waals surface area contributed by atoms with Crippen LogP contribution >= 0.6 is 15.9 Å². The molecule has 0 atom stereocenters. The van der Waals surface area contributed by atoms with Crippen LogP contribution in [0.3, 0.4) is 0 Å². The highest BCUT2D eigenvalue weighted by Crippen LogP contribution is 2.19. The second-order valence-corrected chi connectivity index (χ2v) is 4.14. The maximum Gasteiger partial charge on any atom is 0.332 e. The summed E-state index contributed by atoms with van der Waals surface area (Å²) in [6.07, 6.45) is 0. The number of anilines is 1. The van der Waals surface area contributed by atoms with Crippen LogP contribution in [0.5, 0.6) is 0 Å². The van der Waals surface area contributed by atoms with E-state index in [1.54, 1.807) is 0 Å². The van der Waals surface area contributed by atoms with Crippen LogP contribution in [0.1, 0.15) is 5.56 Å². The number of hydrogen-bond donors (Lipinski definition) is 2. The van der Waals surface area contributed by atoms with Gasteiger partial charge in [0.15, 0.2) is 0 Å². The third-order valence-corrected chi connectivity index (χ3v) is 2.48. The minimum atomic E-state index is -0.975. The fraction of sp³-hybridized carbons (Fsp3) is 0.182. The van der Waals surface area contributed by atoms with Gasteiger partial charge in [-0.3, -0.25) is 0 Å². The van der Waals surface area contributed by atoms with E-state index >= 15 is 0 Å². The van der Waals surface area contributed by atoms with Crippen molar-refractivity contribution in [1.29, 1.82) is 0 Å². The molecule has 0 aliphatic carbocycles. The summed E-state index contributed by atoms with van der Waals surface area (Å²) in [7, 11) is 0. The number of aryl methyl sites for hydroxylation is 1. The molecule has 1 aromatic carbocycles. The van der Waals surface area contributed by atoms with Gasteiger partial charge >= 0.3 is 5.97 Å². The summed E-state index contributed by atoms with van der Waals surface area (Å²) in [5.41, 5.74) is 2.13. The number of aliphatic carboxylic acids is 1. The normalized spacial score (nSPS) is 9.73. The molecule has 0 saturated heterocycles. The Balaban J connectivity index is 2.66. The molecule has 0 aliphatic heterocycles. The van der Waals surface area contributed by atoms with Crippen molar-refractivity contribution in [2.75, 3.05) is 11.9 Å². The van der Waals surface area contributed by atoms with E-state index in [9.17, 15) is 4.79 Å². The minimum absolute atomic E-state index is 0.150. The van der Waals surface area contributed by atoms with Crippen LogP contribution < -0.4 is 5.32 Å². The largest absolute Gasteiger partial charge is 0.478 e. The van der Waals surface area contributed by atoms with Crippen LogP contribution in [0.25, 0.3) is 0 Å². The van der Waals surface area contributed by atoms with Crippen LogP contribution in [0.4, 0.5) is 5.69 Å². The number of rotatable bonds is 4. The summed E-state index contributed by atoms with van der Waals surface area (Å²) >= 11 is 3.36. The molecule has 0 spiro atoms. The molecule has 0 bridgehead atoms. The molecular weight excluding hydrogens is 258 g/mol. The van der Waals surface area contributed by atoms with Gasteiger partial charge in [-0.15, -0.1) is 0 Å². The van der Waals surface area contributed by atoms with Gasteiger partial charge in [-0.25, -0.2) is 4.79 Å². The molecule has 3 nitrogen and oxygen atoms in total. The maximum absolute atomic E-state index is 10.5. The smallest absolute Gasteiger partial charge is 0.332 e. The second kappa shape index (κ2) is 4.98. The van der Waals surface area contributed by atoms with Crippen molar-refractivity contribution in [2.45, 2.75) is 6.92 Å². The zero-order valence-corrected chi connectivity index (χ0v) is 9.97. The first-order valence-electron chi connectivity index (χ1n) is 4.42. The monoisotopic (exact) mass is 269 g/mol.